The summed E-state index contributed by atoms with van der Waals surface area (Å²) < 4.78 is 10.5. The SMILES string of the molecule is CC(=O)N(CCC(=O)Nc1cc(C)on1)c1ccc(OC(C)C)cc1. The normalized spacial score (nSPS) is 10.6. The fraction of sp³-hybridized carbons (Fsp3) is 0.389. The lowest BCUT2D eigenvalue weighted by atomic mass is 10.2. The van der Waals surface area contributed by atoms with Crippen molar-refractivity contribution in [1.29, 1.82) is 0 Å². The predicted octanol–water partition coefficient (Wildman–Crippen LogP) is 3.15. The Labute approximate surface area is 146 Å². The first-order chi connectivity index (χ1) is 11.8. The number of nitrogens with zero attached hydrogens (tertiary/aromatic N) is 2. The van der Waals surface area contributed by atoms with Gasteiger partial charge in [0.25, 0.3) is 0 Å². The van der Waals surface area contributed by atoms with E-state index in [0.717, 1.165) is 5.75 Å². The number of carbonyl (C=O) groups excluding carboxylic acids is 2. The lowest BCUT2D eigenvalue weighted by Crippen LogP contribution is -2.31. The summed E-state index contributed by atoms with van der Waals surface area (Å²) in [7, 11) is 0. The molecule has 2 rings (SSSR count). The van der Waals surface area contributed by atoms with Crippen molar-refractivity contribution in [2.24, 2.45) is 0 Å². The minimum absolute atomic E-state index is 0.0821. The summed E-state index contributed by atoms with van der Waals surface area (Å²) in [6.07, 6.45) is 0.231. The molecule has 1 aromatic carbocycles. The number of anilines is 2. The lowest BCUT2D eigenvalue weighted by molar-refractivity contribution is -0.117. The molecule has 2 amide bonds. The average Bonchev–Trinajstić information content (AvgIpc) is 2.93. The first-order valence-corrected chi connectivity index (χ1v) is 8.13. The van der Waals surface area contributed by atoms with Gasteiger partial charge in [0.2, 0.25) is 11.8 Å². The van der Waals surface area contributed by atoms with Crippen LogP contribution in [0.2, 0.25) is 0 Å². The molecule has 0 saturated heterocycles. The predicted molar refractivity (Wildman–Crippen MR) is 94.7 cm³/mol. The number of nitrogens with one attached hydrogen (secondary N) is 1. The van der Waals surface area contributed by atoms with Gasteiger partial charge < -0.3 is 19.5 Å². The van der Waals surface area contributed by atoms with Crippen molar-refractivity contribution in [3.05, 3.63) is 36.1 Å². The molecule has 0 unspecified atom stereocenters. The minimum Gasteiger partial charge on any atom is -0.491 e. The maximum atomic E-state index is 12.0. The molecule has 0 saturated carbocycles. The Bertz CT molecular complexity index is 722. The molecule has 2 aromatic rings. The second-order valence-corrected chi connectivity index (χ2v) is 5.95. The fourth-order valence-electron chi connectivity index (χ4n) is 2.29. The van der Waals surface area contributed by atoms with Crippen molar-refractivity contribution in [1.82, 2.24) is 5.16 Å². The summed E-state index contributed by atoms with van der Waals surface area (Å²) in [5, 5.41) is 6.35. The zero-order valence-electron chi connectivity index (χ0n) is 14.9. The van der Waals surface area contributed by atoms with E-state index in [0.29, 0.717) is 17.3 Å². The van der Waals surface area contributed by atoms with Gasteiger partial charge in [-0.05, 0) is 45.0 Å². The van der Waals surface area contributed by atoms with Crippen LogP contribution in [-0.4, -0.2) is 29.6 Å². The van der Waals surface area contributed by atoms with E-state index in [9.17, 15) is 9.59 Å². The first-order valence-electron chi connectivity index (χ1n) is 8.13. The molecule has 0 fully saturated rings. The first kappa shape index (κ1) is 18.5. The Morgan fingerprint density at radius 1 is 1.28 bits per heavy atom. The van der Waals surface area contributed by atoms with E-state index in [1.54, 1.807) is 30.0 Å². The van der Waals surface area contributed by atoms with E-state index in [1.807, 2.05) is 26.0 Å². The smallest absolute Gasteiger partial charge is 0.227 e. The molecule has 7 nitrogen and oxygen atoms in total. The second kappa shape index (κ2) is 8.32. The van der Waals surface area contributed by atoms with Crippen molar-refractivity contribution in [3.8, 4) is 5.75 Å². The summed E-state index contributed by atoms with van der Waals surface area (Å²) in [5.41, 5.74) is 0.716. The number of ether oxygens (including phenoxy) is 1. The highest BCUT2D eigenvalue weighted by molar-refractivity contribution is 5.94. The number of aryl methyl sites for hydroxylation is 1. The number of hydrogen-bond donors (Lipinski definition) is 1. The number of hydrogen-bond acceptors (Lipinski definition) is 5. The highest BCUT2D eigenvalue weighted by Gasteiger charge is 2.14. The molecule has 1 aromatic heterocycles. The van der Waals surface area contributed by atoms with Gasteiger partial charge in [0, 0.05) is 31.6 Å². The zero-order chi connectivity index (χ0) is 18.4. The van der Waals surface area contributed by atoms with Crippen LogP contribution in [0.3, 0.4) is 0 Å². The average molecular weight is 345 g/mol. The Morgan fingerprint density at radius 3 is 2.48 bits per heavy atom. The van der Waals surface area contributed by atoms with Gasteiger partial charge in [-0.25, -0.2) is 0 Å². The van der Waals surface area contributed by atoms with Gasteiger partial charge in [-0.1, -0.05) is 5.16 Å². The number of rotatable bonds is 7. The monoisotopic (exact) mass is 345 g/mol. The van der Waals surface area contributed by atoms with E-state index in [2.05, 4.69) is 10.5 Å². The van der Waals surface area contributed by atoms with E-state index in [4.69, 9.17) is 9.26 Å². The maximum Gasteiger partial charge on any atom is 0.227 e. The molecular formula is C18H23N3O4. The van der Waals surface area contributed by atoms with Crippen LogP contribution in [0, 0.1) is 6.92 Å². The second-order valence-electron chi connectivity index (χ2n) is 5.95. The molecule has 1 heterocycles. The quantitative estimate of drug-likeness (QED) is 0.833. The maximum absolute atomic E-state index is 12.0. The van der Waals surface area contributed by atoms with Crippen molar-refractivity contribution in [2.45, 2.75) is 40.2 Å². The van der Waals surface area contributed by atoms with E-state index >= 15 is 0 Å². The molecule has 0 radical (unpaired) electrons. The molecule has 0 aliphatic heterocycles. The van der Waals surface area contributed by atoms with Crippen LogP contribution in [-0.2, 0) is 9.59 Å². The lowest BCUT2D eigenvalue weighted by Gasteiger charge is -2.21. The third kappa shape index (κ3) is 5.63. The largest absolute Gasteiger partial charge is 0.491 e. The highest BCUT2D eigenvalue weighted by Crippen LogP contribution is 2.21. The van der Waals surface area contributed by atoms with Crippen LogP contribution in [0.4, 0.5) is 11.5 Å². The molecule has 25 heavy (non-hydrogen) atoms. The summed E-state index contributed by atoms with van der Waals surface area (Å²) in [5.74, 6) is 1.35. The Balaban J connectivity index is 1.96. The van der Waals surface area contributed by atoms with E-state index in [1.165, 1.54) is 6.92 Å². The summed E-state index contributed by atoms with van der Waals surface area (Å²) >= 11 is 0. The summed E-state index contributed by atoms with van der Waals surface area (Å²) in [4.78, 5) is 25.5. The summed E-state index contributed by atoms with van der Waals surface area (Å²) in [6.45, 7) is 7.38. The topological polar surface area (TPSA) is 84.7 Å². The Hall–Kier alpha value is -2.83. The number of amides is 2. The van der Waals surface area contributed by atoms with Crippen LogP contribution >= 0.6 is 0 Å². The van der Waals surface area contributed by atoms with Crippen LogP contribution < -0.4 is 15.0 Å². The van der Waals surface area contributed by atoms with Gasteiger partial charge >= 0.3 is 0 Å². The van der Waals surface area contributed by atoms with E-state index < -0.39 is 0 Å². The number of aromatic nitrogens is 1. The standard InChI is InChI=1S/C18H23N3O4/c1-12(2)24-16-7-5-15(6-8-16)21(14(4)22)10-9-18(23)19-17-11-13(3)25-20-17/h5-8,11-12H,9-10H2,1-4H3,(H,19,20,23). The molecular weight excluding hydrogens is 322 g/mol. The Morgan fingerprint density at radius 2 is 1.96 bits per heavy atom. The Kier molecular flexibility index (Phi) is 6.16. The van der Waals surface area contributed by atoms with E-state index in [-0.39, 0.29) is 30.9 Å². The molecule has 0 aliphatic carbocycles. The van der Waals surface area contributed by atoms with Gasteiger partial charge in [0.1, 0.15) is 11.5 Å². The van der Waals surface area contributed by atoms with Crippen molar-refractivity contribution >= 4 is 23.3 Å². The third-order valence-corrected chi connectivity index (χ3v) is 3.36. The minimum atomic E-state index is -0.237. The van der Waals surface area contributed by atoms with Crippen molar-refractivity contribution < 1.29 is 18.8 Å². The number of carbonyl (C=O) groups is 2. The molecule has 1 N–H and O–H groups in total. The van der Waals surface area contributed by atoms with Crippen LogP contribution in [0.25, 0.3) is 0 Å². The van der Waals surface area contributed by atoms with Gasteiger partial charge in [-0.2, -0.15) is 0 Å². The molecule has 134 valence electrons. The zero-order valence-corrected chi connectivity index (χ0v) is 14.9. The molecule has 0 atom stereocenters. The van der Waals surface area contributed by atoms with Gasteiger partial charge in [0.15, 0.2) is 5.82 Å². The number of benzene rings is 1. The summed E-state index contributed by atoms with van der Waals surface area (Å²) in [6, 6.07) is 8.86. The third-order valence-electron chi connectivity index (χ3n) is 3.36. The fourth-order valence-corrected chi connectivity index (χ4v) is 2.29. The molecule has 7 heteroatoms. The van der Waals surface area contributed by atoms with Crippen LogP contribution in [0.1, 0.15) is 33.0 Å². The van der Waals surface area contributed by atoms with Crippen LogP contribution in [0.5, 0.6) is 5.75 Å². The molecule has 0 aliphatic rings. The van der Waals surface area contributed by atoms with Gasteiger partial charge in [-0.15, -0.1) is 0 Å². The van der Waals surface area contributed by atoms with Gasteiger partial charge in [-0.3, -0.25) is 9.59 Å². The highest BCUT2D eigenvalue weighted by atomic mass is 16.5. The van der Waals surface area contributed by atoms with Crippen LogP contribution in [0.15, 0.2) is 34.9 Å². The molecule has 0 spiro atoms. The molecule has 0 bridgehead atoms. The van der Waals surface area contributed by atoms with Crippen molar-refractivity contribution in [2.75, 3.05) is 16.8 Å². The van der Waals surface area contributed by atoms with Gasteiger partial charge in [0.05, 0.1) is 6.10 Å². The van der Waals surface area contributed by atoms with Crippen molar-refractivity contribution in [3.63, 3.8) is 0 Å².